The van der Waals surface area contributed by atoms with E-state index in [4.69, 9.17) is 24.8 Å². The highest BCUT2D eigenvalue weighted by Gasteiger charge is 2.28. The van der Waals surface area contributed by atoms with Crippen LogP contribution in [-0.2, 0) is 37.5 Å². The second-order valence-electron chi connectivity index (χ2n) is 14.5. The Morgan fingerprint density at radius 1 is 0.566 bits per heavy atom. The lowest BCUT2D eigenvalue weighted by Crippen LogP contribution is -2.34. The molecule has 0 aromatic rings. The summed E-state index contributed by atoms with van der Waals surface area (Å²) in [4.78, 5) is 45.9. The second kappa shape index (κ2) is 37.2. The average Bonchev–Trinajstić information content (AvgIpc) is 3.13. The summed E-state index contributed by atoms with van der Waals surface area (Å²) in [6.45, 7) is 2.78. The molecule has 0 aliphatic heterocycles. The van der Waals surface area contributed by atoms with E-state index in [9.17, 15) is 23.8 Å². The van der Waals surface area contributed by atoms with E-state index in [-0.39, 0.29) is 19.4 Å². The number of esters is 2. The van der Waals surface area contributed by atoms with Gasteiger partial charge in [-0.1, -0.05) is 167 Å². The Hall–Kier alpha value is -1.78. The Morgan fingerprint density at radius 2 is 0.962 bits per heavy atom. The number of nitrogens with two attached hydrogens (primary N) is 1. The molecule has 0 bridgehead atoms. The number of phosphoric ester groups is 1. The van der Waals surface area contributed by atoms with Gasteiger partial charge >= 0.3 is 25.7 Å². The molecule has 3 atom stereocenters. The fourth-order valence-electron chi connectivity index (χ4n) is 5.87. The van der Waals surface area contributed by atoms with E-state index in [1.165, 1.54) is 122 Å². The number of rotatable bonds is 40. The summed E-state index contributed by atoms with van der Waals surface area (Å²) in [7, 11) is -4.71. The zero-order valence-corrected chi connectivity index (χ0v) is 34.5. The molecule has 11 nitrogen and oxygen atoms in total. The number of carboxylic acid groups (broad SMARTS) is 1. The van der Waals surface area contributed by atoms with E-state index in [1.807, 2.05) is 0 Å². The largest absolute Gasteiger partial charge is 0.480 e. The van der Waals surface area contributed by atoms with Crippen molar-refractivity contribution in [3.63, 3.8) is 0 Å². The molecule has 12 heteroatoms. The minimum absolute atomic E-state index is 0.166. The molecule has 0 aromatic carbocycles. The summed E-state index contributed by atoms with van der Waals surface area (Å²) < 4.78 is 32.7. The highest BCUT2D eigenvalue weighted by molar-refractivity contribution is 7.47. The minimum Gasteiger partial charge on any atom is -0.480 e. The molecule has 0 saturated heterocycles. The molecule has 0 aliphatic rings. The lowest BCUT2D eigenvalue weighted by Gasteiger charge is -2.20. The van der Waals surface area contributed by atoms with Gasteiger partial charge in [-0.25, -0.2) is 4.57 Å². The van der Waals surface area contributed by atoms with Crippen molar-refractivity contribution in [2.45, 2.75) is 212 Å². The summed E-state index contributed by atoms with van der Waals surface area (Å²) in [5, 5.41) is 8.88. The van der Waals surface area contributed by atoms with Crippen LogP contribution in [0.5, 0.6) is 0 Å². The minimum atomic E-state index is -4.71. The van der Waals surface area contributed by atoms with Crippen molar-refractivity contribution in [2.24, 2.45) is 5.73 Å². The molecular weight excluding hydrogens is 697 g/mol. The third kappa shape index (κ3) is 36.9. The predicted molar refractivity (Wildman–Crippen MR) is 213 cm³/mol. The second-order valence-corrected chi connectivity index (χ2v) is 15.9. The quantitative estimate of drug-likeness (QED) is 0.0234. The van der Waals surface area contributed by atoms with Crippen molar-refractivity contribution in [1.29, 1.82) is 0 Å². The highest BCUT2D eigenvalue weighted by Crippen LogP contribution is 2.43. The number of unbranched alkanes of at least 4 members (excludes halogenated alkanes) is 24. The standard InChI is InChI=1S/C41H78NO10P/c1-3-5-7-9-11-13-15-17-19-21-22-24-26-28-30-32-39(43)49-34-37(35-50-53(47,48)51-36-38(42)41(45)46)52-40(44)33-31-29-27-25-23-20-18-16-14-12-10-8-6-4-2/h9,11,37-38H,3-8,10,12-36,42H2,1-2H3,(H,45,46)(H,47,48)/b11-9+/t37-,38+/m1/s1. The number of allylic oxidation sites excluding steroid dienone is 2. The van der Waals surface area contributed by atoms with Gasteiger partial charge in [0.15, 0.2) is 6.10 Å². The van der Waals surface area contributed by atoms with E-state index < -0.39 is 51.1 Å². The van der Waals surface area contributed by atoms with Crippen LogP contribution >= 0.6 is 7.82 Å². The van der Waals surface area contributed by atoms with Crippen LogP contribution in [0.2, 0.25) is 0 Å². The topological polar surface area (TPSA) is 172 Å². The monoisotopic (exact) mass is 776 g/mol. The number of carbonyl (C=O) groups is 3. The summed E-state index contributed by atoms with van der Waals surface area (Å²) in [5.74, 6) is -2.37. The van der Waals surface area contributed by atoms with Crippen LogP contribution in [-0.4, -0.2) is 59.9 Å². The number of aliphatic carboxylic acids is 1. The Balaban J connectivity index is 4.35. The van der Waals surface area contributed by atoms with Crippen LogP contribution in [0.3, 0.4) is 0 Å². The number of phosphoric acid groups is 1. The zero-order chi connectivity index (χ0) is 39.3. The van der Waals surface area contributed by atoms with Crippen molar-refractivity contribution >= 4 is 25.7 Å². The first-order valence-corrected chi connectivity index (χ1v) is 22.7. The van der Waals surface area contributed by atoms with Crippen LogP contribution in [0.4, 0.5) is 0 Å². The Morgan fingerprint density at radius 3 is 1.43 bits per heavy atom. The maximum Gasteiger partial charge on any atom is 0.472 e. The van der Waals surface area contributed by atoms with Crippen molar-refractivity contribution in [3.05, 3.63) is 12.2 Å². The number of ether oxygens (including phenoxy) is 2. The van der Waals surface area contributed by atoms with E-state index in [1.54, 1.807) is 0 Å². The zero-order valence-electron chi connectivity index (χ0n) is 33.6. The van der Waals surface area contributed by atoms with Crippen molar-refractivity contribution in [3.8, 4) is 0 Å². The highest BCUT2D eigenvalue weighted by atomic mass is 31.2. The first-order valence-electron chi connectivity index (χ1n) is 21.2. The Bertz CT molecular complexity index is 963. The average molecular weight is 776 g/mol. The van der Waals surface area contributed by atoms with Crippen molar-refractivity contribution in [1.82, 2.24) is 0 Å². The van der Waals surface area contributed by atoms with Gasteiger partial charge in [0.1, 0.15) is 12.6 Å². The van der Waals surface area contributed by atoms with Crippen LogP contribution in [0.1, 0.15) is 200 Å². The van der Waals surface area contributed by atoms with E-state index in [0.717, 1.165) is 38.5 Å². The molecule has 0 rings (SSSR count). The molecule has 0 aromatic heterocycles. The number of carboxylic acids is 1. The lowest BCUT2D eigenvalue weighted by molar-refractivity contribution is -0.161. The third-order valence-electron chi connectivity index (χ3n) is 9.26. The van der Waals surface area contributed by atoms with Crippen molar-refractivity contribution < 1.29 is 47.5 Å². The van der Waals surface area contributed by atoms with Crippen LogP contribution in [0.15, 0.2) is 12.2 Å². The van der Waals surface area contributed by atoms with Gasteiger partial charge in [-0.05, 0) is 32.1 Å². The number of hydrogen-bond acceptors (Lipinski definition) is 9. The Kier molecular flexibility index (Phi) is 35.9. The molecule has 4 N–H and O–H groups in total. The molecule has 0 aliphatic carbocycles. The molecule has 53 heavy (non-hydrogen) atoms. The van der Waals surface area contributed by atoms with Crippen LogP contribution < -0.4 is 5.73 Å². The SMILES string of the molecule is CCCC/C=C/CCCCCCCCCCCC(=O)OC[C@H](COP(=O)(O)OC[C@H](N)C(=O)O)OC(=O)CCCCCCCCCCCCCCCC. The van der Waals surface area contributed by atoms with E-state index in [0.29, 0.717) is 12.8 Å². The first-order chi connectivity index (χ1) is 25.6. The molecule has 0 fully saturated rings. The summed E-state index contributed by atoms with van der Waals surface area (Å²) in [5.41, 5.74) is 5.33. The van der Waals surface area contributed by atoms with Gasteiger partial charge in [-0.15, -0.1) is 0 Å². The van der Waals surface area contributed by atoms with Gasteiger partial charge in [0.2, 0.25) is 0 Å². The molecule has 312 valence electrons. The number of hydrogen-bond donors (Lipinski definition) is 3. The maximum absolute atomic E-state index is 12.6. The molecule has 0 amide bonds. The fourth-order valence-corrected chi connectivity index (χ4v) is 6.65. The molecule has 0 radical (unpaired) electrons. The lowest BCUT2D eigenvalue weighted by atomic mass is 10.0. The summed E-state index contributed by atoms with van der Waals surface area (Å²) in [6, 6.07) is -1.52. The number of carbonyl (C=O) groups excluding carboxylic acids is 2. The van der Waals surface area contributed by atoms with E-state index in [2.05, 4.69) is 30.5 Å². The Labute approximate surface area is 322 Å². The summed E-state index contributed by atoms with van der Waals surface area (Å²) in [6.07, 6.45) is 35.5. The first kappa shape index (κ1) is 51.2. The van der Waals surface area contributed by atoms with Gasteiger partial charge in [0.05, 0.1) is 13.2 Å². The van der Waals surface area contributed by atoms with Gasteiger partial charge in [-0.3, -0.25) is 23.4 Å². The van der Waals surface area contributed by atoms with Gasteiger partial charge in [-0.2, -0.15) is 0 Å². The molecule has 0 spiro atoms. The third-order valence-corrected chi connectivity index (χ3v) is 10.2. The van der Waals surface area contributed by atoms with Crippen molar-refractivity contribution in [2.75, 3.05) is 19.8 Å². The van der Waals surface area contributed by atoms with Gasteiger partial charge in [0.25, 0.3) is 0 Å². The normalized spacial score (nSPS) is 13.9. The fraction of sp³-hybridized carbons (Fsp3) is 0.878. The van der Waals surface area contributed by atoms with Crippen LogP contribution in [0.25, 0.3) is 0 Å². The molecular formula is C41H78NO10P. The maximum atomic E-state index is 12.6. The molecule has 0 saturated carbocycles. The van der Waals surface area contributed by atoms with Crippen LogP contribution in [0, 0.1) is 0 Å². The van der Waals surface area contributed by atoms with E-state index >= 15 is 0 Å². The summed E-state index contributed by atoms with van der Waals surface area (Å²) >= 11 is 0. The smallest absolute Gasteiger partial charge is 0.472 e. The molecule has 1 unspecified atom stereocenters. The molecule has 0 heterocycles. The predicted octanol–water partition coefficient (Wildman–Crippen LogP) is 10.9. The van der Waals surface area contributed by atoms with Gasteiger partial charge < -0.3 is 25.2 Å². The van der Waals surface area contributed by atoms with Gasteiger partial charge in [0, 0.05) is 12.8 Å².